The van der Waals surface area contributed by atoms with Gasteiger partial charge in [0.25, 0.3) is 5.91 Å². The molecule has 2 amide bonds. The van der Waals surface area contributed by atoms with Gasteiger partial charge in [-0.15, -0.1) is 0 Å². The second-order valence-corrected chi connectivity index (χ2v) is 7.40. The lowest BCUT2D eigenvalue weighted by atomic mass is 10.0. The highest BCUT2D eigenvalue weighted by Crippen LogP contribution is 2.32. The van der Waals surface area contributed by atoms with Crippen LogP contribution in [0.4, 0.5) is 0 Å². The molecule has 0 spiro atoms. The number of piperidine rings is 1. The molecule has 0 saturated carbocycles. The molecule has 0 aliphatic carbocycles. The summed E-state index contributed by atoms with van der Waals surface area (Å²) in [5.74, 6) is -1.27. The van der Waals surface area contributed by atoms with Crippen molar-refractivity contribution < 1.29 is 23.9 Å². The first kappa shape index (κ1) is 17.7. The van der Waals surface area contributed by atoms with E-state index in [4.69, 9.17) is 16.6 Å². The SMILES string of the molecule is O=C(O)C1CCCCN1C(=O)CN1C(=O)/C(=C/c2ccco2)SC1=S. The van der Waals surface area contributed by atoms with Crippen molar-refractivity contribution in [2.24, 2.45) is 0 Å². The summed E-state index contributed by atoms with van der Waals surface area (Å²) in [6.45, 7) is 0.136. The van der Waals surface area contributed by atoms with Gasteiger partial charge >= 0.3 is 5.97 Å². The molecule has 25 heavy (non-hydrogen) atoms. The fourth-order valence-corrected chi connectivity index (χ4v) is 4.09. The first-order valence-electron chi connectivity index (χ1n) is 7.78. The molecule has 7 nitrogen and oxygen atoms in total. The third kappa shape index (κ3) is 3.77. The second kappa shape index (κ2) is 7.40. The largest absolute Gasteiger partial charge is 0.480 e. The molecule has 3 rings (SSSR count). The van der Waals surface area contributed by atoms with Crippen molar-refractivity contribution in [2.75, 3.05) is 13.1 Å². The topological polar surface area (TPSA) is 91.1 Å². The Balaban J connectivity index is 1.71. The van der Waals surface area contributed by atoms with E-state index in [-0.39, 0.29) is 16.8 Å². The molecule has 1 aromatic rings. The molecular formula is C16H16N2O5S2. The Morgan fingerprint density at radius 3 is 2.92 bits per heavy atom. The lowest BCUT2D eigenvalue weighted by molar-refractivity contribution is -0.152. The number of amides is 2. The van der Waals surface area contributed by atoms with Gasteiger partial charge in [0.2, 0.25) is 5.91 Å². The maximum absolute atomic E-state index is 12.5. The second-order valence-electron chi connectivity index (χ2n) is 5.72. The summed E-state index contributed by atoms with van der Waals surface area (Å²) in [6, 6.07) is 2.58. The Morgan fingerprint density at radius 2 is 2.24 bits per heavy atom. The smallest absolute Gasteiger partial charge is 0.326 e. The Labute approximate surface area is 153 Å². The number of furan rings is 1. The van der Waals surface area contributed by atoms with E-state index >= 15 is 0 Å². The lowest BCUT2D eigenvalue weighted by Crippen LogP contribution is -2.51. The molecule has 2 saturated heterocycles. The summed E-state index contributed by atoms with van der Waals surface area (Å²) >= 11 is 6.30. The number of hydrogen-bond acceptors (Lipinski definition) is 6. The zero-order chi connectivity index (χ0) is 18.0. The molecular weight excluding hydrogens is 364 g/mol. The predicted octanol–water partition coefficient (Wildman–Crippen LogP) is 1.95. The van der Waals surface area contributed by atoms with Crippen LogP contribution >= 0.6 is 24.0 Å². The number of carboxylic acid groups (broad SMARTS) is 1. The van der Waals surface area contributed by atoms with Crippen LogP contribution in [-0.2, 0) is 14.4 Å². The van der Waals surface area contributed by atoms with E-state index in [2.05, 4.69) is 0 Å². The van der Waals surface area contributed by atoms with Crippen molar-refractivity contribution >= 4 is 52.2 Å². The maximum atomic E-state index is 12.5. The van der Waals surface area contributed by atoms with E-state index in [1.165, 1.54) is 16.1 Å². The highest BCUT2D eigenvalue weighted by atomic mass is 32.2. The molecule has 132 valence electrons. The molecule has 1 unspecified atom stereocenters. The number of thiocarbonyl (C=S) groups is 1. The quantitative estimate of drug-likeness (QED) is 0.630. The number of thioether (sulfide) groups is 1. The van der Waals surface area contributed by atoms with E-state index in [1.807, 2.05) is 0 Å². The third-order valence-electron chi connectivity index (χ3n) is 4.09. The fraction of sp³-hybridized carbons (Fsp3) is 0.375. The number of likely N-dealkylation sites (tertiary alicyclic amines) is 1. The summed E-state index contributed by atoms with van der Waals surface area (Å²) in [4.78, 5) is 39.3. The highest BCUT2D eigenvalue weighted by Gasteiger charge is 2.37. The zero-order valence-electron chi connectivity index (χ0n) is 13.2. The monoisotopic (exact) mass is 380 g/mol. The number of carbonyl (C=O) groups is 3. The Kier molecular flexibility index (Phi) is 5.24. The summed E-state index contributed by atoms with van der Waals surface area (Å²) < 4.78 is 5.46. The number of nitrogens with zero attached hydrogens (tertiary/aromatic N) is 2. The van der Waals surface area contributed by atoms with Crippen LogP contribution in [0, 0.1) is 0 Å². The average molecular weight is 380 g/mol. The van der Waals surface area contributed by atoms with Gasteiger partial charge in [0, 0.05) is 12.6 Å². The van der Waals surface area contributed by atoms with Gasteiger partial charge in [-0.25, -0.2) is 4.79 Å². The van der Waals surface area contributed by atoms with Gasteiger partial charge < -0.3 is 14.4 Å². The molecule has 1 N–H and O–H groups in total. The molecule has 1 atom stereocenters. The van der Waals surface area contributed by atoms with E-state index < -0.39 is 17.9 Å². The number of carbonyl (C=O) groups excluding carboxylic acids is 2. The Bertz CT molecular complexity index is 744. The van der Waals surface area contributed by atoms with E-state index in [1.54, 1.807) is 18.2 Å². The van der Waals surface area contributed by atoms with Crippen LogP contribution in [0.2, 0.25) is 0 Å². The van der Waals surface area contributed by atoms with E-state index in [9.17, 15) is 19.5 Å². The summed E-state index contributed by atoms with van der Waals surface area (Å²) in [5, 5.41) is 9.28. The van der Waals surface area contributed by atoms with Crippen LogP contribution in [0.25, 0.3) is 6.08 Å². The average Bonchev–Trinajstić information content (AvgIpc) is 3.19. The third-order valence-corrected chi connectivity index (χ3v) is 5.47. The normalized spacial score (nSPS) is 22.7. The predicted molar refractivity (Wildman–Crippen MR) is 95.6 cm³/mol. The fourth-order valence-electron chi connectivity index (χ4n) is 2.85. The molecule has 0 bridgehead atoms. The maximum Gasteiger partial charge on any atom is 0.326 e. The van der Waals surface area contributed by atoms with Crippen LogP contribution in [0.1, 0.15) is 25.0 Å². The van der Waals surface area contributed by atoms with Gasteiger partial charge in [-0.2, -0.15) is 0 Å². The summed E-state index contributed by atoms with van der Waals surface area (Å²) in [5.41, 5.74) is 0. The van der Waals surface area contributed by atoms with Crippen molar-refractivity contribution in [3.05, 3.63) is 29.1 Å². The van der Waals surface area contributed by atoms with Crippen molar-refractivity contribution in [1.29, 1.82) is 0 Å². The standard InChI is InChI=1S/C16H16N2O5S2/c19-13(17-6-2-1-5-11(17)15(21)22)9-18-14(20)12(25-16(18)24)8-10-4-3-7-23-10/h3-4,7-8,11H,1-2,5-6,9H2,(H,21,22)/b12-8-. The van der Waals surface area contributed by atoms with Crippen molar-refractivity contribution in [2.45, 2.75) is 25.3 Å². The molecule has 2 aliphatic rings. The molecule has 3 heterocycles. The molecule has 9 heteroatoms. The number of hydrogen-bond donors (Lipinski definition) is 1. The van der Waals surface area contributed by atoms with Crippen LogP contribution in [0.3, 0.4) is 0 Å². The van der Waals surface area contributed by atoms with Crippen molar-refractivity contribution in [3.8, 4) is 0 Å². The van der Waals surface area contributed by atoms with Gasteiger partial charge in [0.05, 0.1) is 11.2 Å². The van der Waals surface area contributed by atoms with Crippen LogP contribution in [0.5, 0.6) is 0 Å². The molecule has 2 aliphatic heterocycles. The van der Waals surface area contributed by atoms with Gasteiger partial charge in [-0.05, 0) is 31.4 Å². The molecule has 0 aromatic carbocycles. The number of carboxylic acids is 1. The first-order chi connectivity index (χ1) is 12.0. The van der Waals surface area contributed by atoms with Gasteiger partial charge in [-0.3, -0.25) is 14.5 Å². The highest BCUT2D eigenvalue weighted by molar-refractivity contribution is 8.26. The summed E-state index contributed by atoms with van der Waals surface area (Å²) in [7, 11) is 0. The van der Waals surface area contributed by atoms with E-state index in [0.717, 1.165) is 24.6 Å². The van der Waals surface area contributed by atoms with Crippen molar-refractivity contribution in [1.82, 2.24) is 9.80 Å². The minimum atomic E-state index is -1.02. The molecule has 1 aromatic heterocycles. The first-order valence-corrected chi connectivity index (χ1v) is 9.01. The Morgan fingerprint density at radius 1 is 1.44 bits per heavy atom. The van der Waals surface area contributed by atoms with E-state index in [0.29, 0.717) is 23.6 Å². The van der Waals surface area contributed by atoms with Gasteiger partial charge in [0.15, 0.2) is 0 Å². The zero-order valence-corrected chi connectivity index (χ0v) is 14.8. The van der Waals surface area contributed by atoms with Crippen LogP contribution < -0.4 is 0 Å². The lowest BCUT2D eigenvalue weighted by Gasteiger charge is -2.33. The van der Waals surface area contributed by atoms with Gasteiger partial charge in [0.1, 0.15) is 22.7 Å². The molecule has 0 radical (unpaired) electrons. The minimum absolute atomic E-state index is 0.246. The number of aliphatic carboxylic acids is 1. The summed E-state index contributed by atoms with van der Waals surface area (Å²) in [6.07, 6.45) is 5.03. The van der Waals surface area contributed by atoms with Crippen LogP contribution in [-0.4, -0.2) is 56.1 Å². The minimum Gasteiger partial charge on any atom is -0.480 e. The van der Waals surface area contributed by atoms with Crippen LogP contribution in [0.15, 0.2) is 27.7 Å². The molecule has 2 fully saturated rings. The number of rotatable bonds is 4. The Hall–Kier alpha value is -2.13. The van der Waals surface area contributed by atoms with Gasteiger partial charge in [-0.1, -0.05) is 24.0 Å². The van der Waals surface area contributed by atoms with Crippen molar-refractivity contribution in [3.63, 3.8) is 0 Å².